The van der Waals surface area contributed by atoms with Gasteiger partial charge in [0.05, 0.1) is 4.90 Å². The molecule has 0 saturated carbocycles. The molecular weight excluding hydrogens is 270 g/mol. The second kappa shape index (κ2) is 6.04. The van der Waals surface area contributed by atoms with Crippen molar-refractivity contribution in [1.82, 2.24) is 4.31 Å². The van der Waals surface area contributed by atoms with Gasteiger partial charge in [-0.25, -0.2) is 8.42 Å². The van der Waals surface area contributed by atoms with Crippen molar-refractivity contribution in [3.05, 3.63) is 29.8 Å². The minimum Gasteiger partial charge on any atom is -0.207 e. The molecular formula is C13H18ClNO2S. The van der Waals surface area contributed by atoms with Gasteiger partial charge in [-0.05, 0) is 43.4 Å². The zero-order valence-electron chi connectivity index (χ0n) is 10.3. The van der Waals surface area contributed by atoms with Gasteiger partial charge in [0.1, 0.15) is 0 Å². The molecule has 3 nitrogen and oxygen atoms in total. The molecule has 0 radical (unpaired) electrons. The third-order valence-corrected chi connectivity index (χ3v) is 5.41. The topological polar surface area (TPSA) is 37.4 Å². The minimum atomic E-state index is -3.27. The van der Waals surface area contributed by atoms with Crippen molar-refractivity contribution in [2.24, 2.45) is 0 Å². The van der Waals surface area contributed by atoms with Crippen LogP contribution in [0.3, 0.4) is 0 Å². The number of benzene rings is 1. The summed E-state index contributed by atoms with van der Waals surface area (Å²) in [5, 5.41) is 0. The number of nitrogens with zero attached hydrogens (tertiary/aromatic N) is 1. The monoisotopic (exact) mass is 287 g/mol. The first-order chi connectivity index (χ1) is 8.64. The molecule has 0 aliphatic carbocycles. The molecule has 1 aromatic carbocycles. The van der Waals surface area contributed by atoms with Crippen molar-refractivity contribution < 1.29 is 8.42 Å². The Hall–Kier alpha value is -0.580. The molecule has 1 saturated heterocycles. The third-order valence-electron chi connectivity index (χ3n) is 3.23. The van der Waals surface area contributed by atoms with E-state index in [-0.39, 0.29) is 0 Å². The Morgan fingerprint density at radius 2 is 1.72 bits per heavy atom. The Bertz CT molecular complexity index is 478. The van der Waals surface area contributed by atoms with Gasteiger partial charge in [-0.1, -0.05) is 12.1 Å². The number of hydrogen-bond acceptors (Lipinski definition) is 2. The van der Waals surface area contributed by atoms with Crippen LogP contribution in [0.15, 0.2) is 29.2 Å². The number of rotatable bonds is 5. The zero-order valence-corrected chi connectivity index (χ0v) is 11.9. The Morgan fingerprint density at radius 1 is 1.11 bits per heavy atom. The third kappa shape index (κ3) is 3.05. The smallest absolute Gasteiger partial charge is 0.207 e. The van der Waals surface area contributed by atoms with Gasteiger partial charge in [0.2, 0.25) is 10.0 Å². The Labute approximate surface area is 114 Å². The lowest BCUT2D eigenvalue weighted by atomic mass is 10.1. The lowest BCUT2D eigenvalue weighted by Crippen LogP contribution is -2.27. The van der Waals surface area contributed by atoms with Crippen molar-refractivity contribution in [1.29, 1.82) is 0 Å². The second-order valence-corrected chi connectivity index (χ2v) is 6.86. The molecule has 1 aromatic rings. The molecule has 0 atom stereocenters. The lowest BCUT2D eigenvalue weighted by Gasteiger charge is -2.15. The summed E-state index contributed by atoms with van der Waals surface area (Å²) >= 11 is 5.64. The average Bonchev–Trinajstić information content (AvgIpc) is 2.91. The quantitative estimate of drug-likeness (QED) is 0.781. The van der Waals surface area contributed by atoms with E-state index >= 15 is 0 Å². The van der Waals surface area contributed by atoms with Crippen LogP contribution in [0.2, 0.25) is 0 Å². The van der Waals surface area contributed by atoms with E-state index in [1.54, 1.807) is 16.4 Å². The fraction of sp³-hybridized carbons (Fsp3) is 0.538. The van der Waals surface area contributed by atoms with Gasteiger partial charge in [0, 0.05) is 19.0 Å². The van der Waals surface area contributed by atoms with Crippen LogP contribution in [-0.4, -0.2) is 31.7 Å². The van der Waals surface area contributed by atoms with Crippen LogP contribution in [0.1, 0.15) is 24.8 Å². The van der Waals surface area contributed by atoms with Crippen molar-refractivity contribution in [2.45, 2.75) is 30.6 Å². The van der Waals surface area contributed by atoms with E-state index in [4.69, 9.17) is 11.6 Å². The van der Waals surface area contributed by atoms with Gasteiger partial charge in [-0.15, -0.1) is 11.6 Å². The highest BCUT2D eigenvalue weighted by Gasteiger charge is 2.26. The summed E-state index contributed by atoms with van der Waals surface area (Å²) in [6.07, 6.45) is 3.74. The maximum atomic E-state index is 12.3. The van der Waals surface area contributed by atoms with Gasteiger partial charge in [-0.2, -0.15) is 4.31 Å². The molecule has 0 N–H and O–H groups in total. The maximum Gasteiger partial charge on any atom is 0.243 e. The summed E-state index contributed by atoms with van der Waals surface area (Å²) in [7, 11) is -3.27. The normalized spacial score (nSPS) is 17.2. The van der Waals surface area contributed by atoms with Crippen molar-refractivity contribution in [2.75, 3.05) is 19.0 Å². The minimum absolute atomic E-state index is 0.402. The van der Waals surface area contributed by atoms with Gasteiger partial charge < -0.3 is 0 Å². The highest BCUT2D eigenvalue weighted by molar-refractivity contribution is 7.89. The Morgan fingerprint density at radius 3 is 2.28 bits per heavy atom. The number of alkyl halides is 1. The first kappa shape index (κ1) is 13.8. The Kier molecular flexibility index (Phi) is 4.65. The van der Waals surface area contributed by atoms with Gasteiger partial charge in [-0.3, -0.25) is 0 Å². The van der Waals surface area contributed by atoms with E-state index in [1.165, 1.54) is 0 Å². The first-order valence-electron chi connectivity index (χ1n) is 6.29. The fourth-order valence-electron chi connectivity index (χ4n) is 2.18. The summed E-state index contributed by atoms with van der Waals surface area (Å²) in [5.41, 5.74) is 1.14. The number of halogens is 1. The molecule has 1 aliphatic heterocycles. The van der Waals surface area contributed by atoms with Crippen LogP contribution < -0.4 is 0 Å². The number of aryl methyl sites for hydroxylation is 1. The van der Waals surface area contributed by atoms with E-state index in [0.29, 0.717) is 23.9 Å². The molecule has 1 fully saturated rings. The number of sulfonamides is 1. The zero-order chi connectivity index (χ0) is 13.0. The van der Waals surface area contributed by atoms with Crippen LogP contribution >= 0.6 is 11.6 Å². The highest BCUT2D eigenvalue weighted by Crippen LogP contribution is 2.21. The van der Waals surface area contributed by atoms with Crippen LogP contribution in [0.5, 0.6) is 0 Å². The first-order valence-corrected chi connectivity index (χ1v) is 8.27. The highest BCUT2D eigenvalue weighted by atomic mass is 35.5. The summed E-state index contributed by atoms with van der Waals surface area (Å²) < 4.78 is 26.1. The summed E-state index contributed by atoms with van der Waals surface area (Å²) in [4.78, 5) is 0.402. The second-order valence-electron chi connectivity index (χ2n) is 4.55. The molecule has 0 spiro atoms. The summed E-state index contributed by atoms with van der Waals surface area (Å²) in [5.74, 6) is 0.633. The van der Waals surface area contributed by atoms with E-state index in [1.807, 2.05) is 12.1 Å². The predicted octanol–water partition coefficient (Wildman–Crippen LogP) is 2.64. The van der Waals surface area contributed by atoms with E-state index in [0.717, 1.165) is 31.2 Å². The molecule has 0 bridgehead atoms. The van der Waals surface area contributed by atoms with Crippen LogP contribution in [0.4, 0.5) is 0 Å². The SMILES string of the molecule is O=S(=O)(c1ccc(CCCCl)cc1)N1CCCC1. The fourth-order valence-corrected chi connectivity index (χ4v) is 3.83. The van der Waals surface area contributed by atoms with Crippen LogP contribution in [0.25, 0.3) is 0 Å². The number of hydrogen-bond donors (Lipinski definition) is 0. The molecule has 0 amide bonds. The lowest BCUT2D eigenvalue weighted by molar-refractivity contribution is 0.477. The van der Waals surface area contributed by atoms with Gasteiger partial charge in [0.25, 0.3) is 0 Å². The molecule has 1 heterocycles. The molecule has 0 aromatic heterocycles. The molecule has 5 heteroatoms. The van der Waals surface area contributed by atoms with Crippen LogP contribution in [-0.2, 0) is 16.4 Å². The average molecular weight is 288 g/mol. The molecule has 18 heavy (non-hydrogen) atoms. The molecule has 0 unspecified atom stereocenters. The largest absolute Gasteiger partial charge is 0.243 e. The van der Waals surface area contributed by atoms with E-state index in [2.05, 4.69) is 0 Å². The Balaban J connectivity index is 2.13. The van der Waals surface area contributed by atoms with Crippen molar-refractivity contribution in [3.63, 3.8) is 0 Å². The van der Waals surface area contributed by atoms with Crippen molar-refractivity contribution in [3.8, 4) is 0 Å². The van der Waals surface area contributed by atoms with Crippen molar-refractivity contribution >= 4 is 21.6 Å². The standard InChI is InChI=1S/C13H18ClNO2S/c14-9-3-4-12-5-7-13(8-6-12)18(16,17)15-10-1-2-11-15/h5-8H,1-4,9-11H2. The van der Waals surface area contributed by atoms with Gasteiger partial charge in [0.15, 0.2) is 0 Å². The summed E-state index contributed by atoms with van der Waals surface area (Å²) in [6, 6.07) is 7.18. The predicted molar refractivity (Wildman–Crippen MR) is 73.5 cm³/mol. The maximum absolute atomic E-state index is 12.3. The van der Waals surface area contributed by atoms with Crippen LogP contribution in [0, 0.1) is 0 Å². The van der Waals surface area contributed by atoms with E-state index in [9.17, 15) is 8.42 Å². The van der Waals surface area contributed by atoms with E-state index < -0.39 is 10.0 Å². The van der Waals surface area contributed by atoms with Gasteiger partial charge >= 0.3 is 0 Å². The molecule has 100 valence electrons. The summed E-state index contributed by atoms with van der Waals surface area (Å²) in [6.45, 7) is 1.30. The molecule has 2 rings (SSSR count). The molecule has 1 aliphatic rings.